The molecule has 2 heterocycles. The summed E-state index contributed by atoms with van der Waals surface area (Å²) in [6, 6.07) is 15.8. The summed E-state index contributed by atoms with van der Waals surface area (Å²) < 4.78 is 15.0. The molecule has 4 rings (SSSR count). The predicted octanol–water partition coefficient (Wildman–Crippen LogP) is 4.30. The summed E-state index contributed by atoms with van der Waals surface area (Å²) >= 11 is 0. The van der Waals surface area contributed by atoms with Crippen molar-refractivity contribution in [2.24, 2.45) is 0 Å². The zero-order valence-electron chi connectivity index (χ0n) is 14.1. The molecule has 1 aromatic heterocycles. The first kappa shape index (κ1) is 15.6. The first-order chi connectivity index (χ1) is 12.1. The number of para-hydroxylation sites is 1. The average molecular weight is 335 g/mol. The number of amides is 1. The molecule has 1 amide bonds. The van der Waals surface area contributed by atoms with Crippen LogP contribution in [0.1, 0.15) is 41.5 Å². The van der Waals surface area contributed by atoms with Crippen molar-refractivity contribution in [2.75, 3.05) is 4.90 Å². The van der Waals surface area contributed by atoms with Crippen molar-refractivity contribution in [3.05, 3.63) is 77.4 Å². The van der Waals surface area contributed by atoms with Crippen molar-refractivity contribution < 1.29 is 9.18 Å². The minimum atomic E-state index is -0.291. The monoisotopic (exact) mass is 335 g/mol. The molecule has 0 spiro atoms. The van der Waals surface area contributed by atoms with E-state index in [2.05, 4.69) is 18.9 Å². The van der Waals surface area contributed by atoms with E-state index in [-0.39, 0.29) is 17.6 Å². The molecule has 5 heteroatoms. The van der Waals surface area contributed by atoms with Gasteiger partial charge in [-0.1, -0.05) is 32.0 Å². The standard InChI is InChI=1S/C20H18FN3O/c1-13(2)19-17-12-23(15-6-4-3-5-7-15)20(25)18(17)22-24(19)16-10-8-14(21)9-11-16/h3-11,13H,12H2,1-2H3. The van der Waals surface area contributed by atoms with E-state index < -0.39 is 0 Å². The maximum absolute atomic E-state index is 13.2. The molecule has 0 saturated carbocycles. The van der Waals surface area contributed by atoms with Crippen molar-refractivity contribution in [2.45, 2.75) is 26.3 Å². The molecule has 0 fully saturated rings. The Morgan fingerprint density at radius 2 is 1.68 bits per heavy atom. The van der Waals surface area contributed by atoms with E-state index in [1.807, 2.05) is 30.3 Å². The summed E-state index contributed by atoms with van der Waals surface area (Å²) in [5.41, 5.74) is 4.06. The summed E-state index contributed by atoms with van der Waals surface area (Å²) in [6.45, 7) is 4.66. The van der Waals surface area contributed by atoms with Crippen LogP contribution in [0.25, 0.3) is 5.69 Å². The van der Waals surface area contributed by atoms with Gasteiger partial charge in [-0.3, -0.25) is 4.79 Å². The lowest BCUT2D eigenvalue weighted by Gasteiger charge is -2.18. The normalized spacial score (nSPS) is 13.6. The molecule has 4 nitrogen and oxygen atoms in total. The van der Waals surface area contributed by atoms with E-state index in [1.54, 1.807) is 21.7 Å². The molecule has 126 valence electrons. The minimum absolute atomic E-state index is 0.0936. The van der Waals surface area contributed by atoms with E-state index in [1.165, 1.54) is 12.1 Å². The van der Waals surface area contributed by atoms with Crippen LogP contribution in [0.4, 0.5) is 10.1 Å². The van der Waals surface area contributed by atoms with E-state index in [0.29, 0.717) is 12.2 Å². The lowest BCUT2D eigenvalue weighted by atomic mass is 10.0. The number of carbonyl (C=O) groups is 1. The summed E-state index contributed by atoms with van der Waals surface area (Å²) in [5.74, 6) is -0.199. The van der Waals surface area contributed by atoms with E-state index in [0.717, 1.165) is 22.6 Å². The molecule has 0 saturated heterocycles. The molecular weight excluding hydrogens is 317 g/mol. The molecule has 0 bridgehead atoms. The molecule has 2 aromatic carbocycles. The number of fused-ring (bicyclic) bond motifs is 1. The van der Waals surface area contributed by atoms with Crippen molar-refractivity contribution >= 4 is 11.6 Å². The van der Waals surface area contributed by atoms with Gasteiger partial charge in [-0.2, -0.15) is 5.10 Å². The number of hydrogen-bond acceptors (Lipinski definition) is 2. The fourth-order valence-corrected chi connectivity index (χ4v) is 3.34. The number of halogens is 1. The van der Waals surface area contributed by atoms with Gasteiger partial charge in [0.1, 0.15) is 5.82 Å². The predicted molar refractivity (Wildman–Crippen MR) is 94.6 cm³/mol. The van der Waals surface area contributed by atoms with Gasteiger partial charge >= 0.3 is 0 Å². The van der Waals surface area contributed by atoms with Crippen LogP contribution in [-0.2, 0) is 6.54 Å². The van der Waals surface area contributed by atoms with Gasteiger partial charge in [0.15, 0.2) is 5.69 Å². The van der Waals surface area contributed by atoms with Crippen LogP contribution in [0.5, 0.6) is 0 Å². The minimum Gasteiger partial charge on any atom is -0.302 e. The van der Waals surface area contributed by atoms with E-state index >= 15 is 0 Å². The second kappa shape index (κ2) is 5.84. The molecule has 1 aliphatic rings. The lowest BCUT2D eigenvalue weighted by molar-refractivity contribution is 0.0991. The topological polar surface area (TPSA) is 38.1 Å². The van der Waals surface area contributed by atoms with Gasteiger partial charge in [0.25, 0.3) is 5.91 Å². The molecule has 1 aliphatic heterocycles. The third-order valence-electron chi connectivity index (χ3n) is 4.47. The number of carbonyl (C=O) groups excluding carboxylic acids is 1. The quantitative estimate of drug-likeness (QED) is 0.716. The van der Waals surface area contributed by atoms with Gasteiger partial charge in [0.05, 0.1) is 17.9 Å². The molecule has 0 N–H and O–H groups in total. The lowest BCUT2D eigenvalue weighted by Crippen LogP contribution is -2.24. The SMILES string of the molecule is CC(C)c1c2c(nn1-c1ccc(F)cc1)C(=O)N(c1ccccc1)C2. The average Bonchev–Trinajstić information content (AvgIpc) is 3.13. The number of nitrogens with zero attached hydrogens (tertiary/aromatic N) is 3. The Morgan fingerprint density at radius 1 is 1.00 bits per heavy atom. The largest absolute Gasteiger partial charge is 0.302 e. The van der Waals surface area contributed by atoms with Gasteiger partial charge in [-0.05, 0) is 42.3 Å². The second-order valence-corrected chi connectivity index (χ2v) is 6.48. The maximum Gasteiger partial charge on any atom is 0.279 e. The van der Waals surface area contributed by atoms with Crippen molar-refractivity contribution in [1.82, 2.24) is 9.78 Å². The Labute approximate surface area is 145 Å². The van der Waals surface area contributed by atoms with E-state index in [9.17, 15) is 9.18 Å². The third kappa shape index (κ3) is 2.52. The maximum atomic E-state index is 13.2. The fourth-order valence-electron chi connectivity index (χ4n) is 3.34. The Kier molecular flexibility index (Phi) is 3.64. The molecule has 0 aliphatic carbocycles. The Hall–Kier alpha value is -2.95. The van der Waals surface area contributed by atoms with Gasteiger partial charge in [-0.25, -0.2) is 9.07 Å². The van der Waals surface area contributed by atoms with Crippen molar-refractivity contribution in [3.8, 4) is 5.69 Å². The number of anilines is 1. The summed E-state index contributed by atoms with van der Waals surface area (Å²) in [7, 11) is 0. The number of aromatic nitrogens is 2. The Morgan fingerprint density at radius 3 is 2.32 bits per heavy atom. The highest BCUT2D eigenvalue weighted by atomic mass is 19.1. The van der Waals surface area contributed by atoms with Crippen LogP contribution in [0, 0.1) is 5.82 Å². The Bertz CT molecular complexity index is 930. The third-order valence-corrected chi connectivity index (χ3v) is 4.47. The molecule has 25 heavy (non-hydrogen) atoms. The smallest absolute Gasteiger partial charge is 0.279 e. The second-order valence-electron chi connectivity index (χ2n) is 6.48. The number of rotatable bonds is 3. The first-order valence-corrected chi connectivity index (χ1v) is 8.31. The van der Waals surface area contributed by atoms with Gasteiger partial charge < -0.3 is 4.90 Å². The van der Waals surface area contributed by atoms with Crippen LogP contribution < -0.4 is 4.90 Å². The highest BCUT2D eigenvalue weighted by Gasteiger charge is 2.36. The molecule has 0 atom stereocenters. The van der Waals surface area contributed by atoms with Crippen molar-refractivity contribution in [3.63, 3.8) is 0 Å². The molecule has 0 radical (unpaired) electrons. The summed E-state index contributed by atoms with van der Waals surface area (Å²) in [5, 5.41) is 4.57. The summed E-state index contributed by atoms with van der Waals surface area (Å²) in [4.78, 5) is 14.6. The van der Waals surface area contributed by atoms with Crippen LogP contribution in [0.15, 0.2) is 54.6 Å². The van der Waals surface area contributed by atoms with Crippen LogP contribution >= 0.6 is 0 Å². The molecular formula is C20H18FN3O. The highest BCUT2D eigenvalue weighted by Crippen LogP contribution is 2.34. The molecule has 3 aromatic rings. The zero-order chi connectivity index (χ0) is 17.6. The van der Waals surface area contributed by atoms with Crippen LogP contribution in [0.3, 0.4) is 0 Å². The van der Waals surface area contributed by atoms with Gasteiger partial charge in [0, 0.05) is 11.3 Å². The van der Waals surface area contributed by atoms with Gasteiger partial charge in [-0.15, -0.1) is 0 Å². The molecule has 0 unspecified atom stereocenters. The number of hydrogen-bond donors (Lipinski definition) is 0. The zero-order valence-corrected chi connectivity index (χ0v) is 14.1. The Balaban J connectivity index is 1.80. The fraction of sp³-hybridized carbons (Fsp3) is 0.200. The van der Waals surface area contributed by atoms with E-state index in [4.69, 9.17) is 0 Å². The number of benzene rings is 2. The summed E-state index contributed by atoms with van der Waals surface area (Å²) in [6.07, 6.45) is 0. The highest BCUT2D eigenvalue weighted by molar-refractivity contribution is 6.09. The van der Waals surface area contributed by atoms with Crippen LogP contribution in [0.2, 0.25) is 0 Å². The van der Waals surface area contributed by atoms with Gasteiger partial charge in [0.2, 0.25) is 0 Å². The first-order valence-electron chi connectivity index (χ1n) is 8.31. The van der Waals surface area contributed by atoms with Crippen molar-refractivity contribution in [1.29, 1.82) is 0 Å². The van der Waals surface area contributed by atoms with Crippen LogP contribution in [-0.4, -0.2) is 15.7 Å².